The normalized spacial score (nSPS) is 11.6. The molecular formula is C17H17NO4. The highest BCUT2D eigenvalue weighted by Crippen LogP contribution is 2.35. The fourth-order valence-corrected chi connectivity index (χ4v) is 2.61. The van der Waals surface area contributed by atoms with Crippen LogP contribution in [0.15, 0.2) is 33.5 Å². The molecular weight excluding hydrogens is 282 g/mol. The smallest absolute Gasteiger partial charge is 0.204 e. The van der Waals surface area contributed by atoms with E-state index in [2.05, 4.69) is 0 Å². The third-order valence-electron chi connectivity index (χ3n) is 3.65. The van der Waals surface area contributed by atoms with Crippen LogP contribution in [-0.2, 0) is 6.54 Å². The molecule has 5 heteroatoms. The van der Waals surface area contributed by atoms with Crippen molar-refractivity contribution in [3.05, 3.63) is 45.6 Å². The van der Waals surface area contributed by atoms with Crippen molar-refractivity contribution in [3.63, 3.8) is 0 Å². The van der Waals surface area contributed by atoms with Crippen LogP contribution in [0.25, 0.3) is 21.9 Å². The number of aryl methyl sites for hydroxylation is 1. The molecule has 1 heterocycles. The number of hydrogen-bond acceptors (Lipinski definition) is 5. The van der Waals surface area contributed by atoms with Gasteiger partial charge in [0.05, 0.1) is 10.9 Å². The molecule has 0 saturated carbocycles. The molecule has 0 aliphatic rings. The molecule has 0 fully saturated rings. The van der Waals surface area contributed by atoms with Gasteiger partial charge >= 0.3 is 0 Å². The van der Waals surface area contributed by atoms with Crippen LogP contribution in [0.4, 0.5) is 0 Å². The Morgan fingerprint density at radius 3 is 2.55 bits per heavy atom. The lowest BCUT2D eigenvalue weighted by molar-refractivity contribution is 0.370. The monoisotopic (exact) mass is 299 g/mol. The van der Waals surface area contributed by atoms with Crippen molar-refractivity contribution in [2.75, 3.05) is 14.1 Å². The highest BCUT2D eigenvalue weighted by atomic mass is 16.3. The summed E-state index contributed by atoms with van der Waals surface area (Å²) in [7, 11) is 3.63. The Labute approximate surface area is 127 Å². The second-order valence-corrected chi connectivity index (χ2v) is 5.76. The van der Waals surface area contributed by atoms with Crippen molar-refractivity contribution in [2.24, 2.45) is 0 Å². The van der Waals surface area contributed by atoms with Crippen molar-refractivity contribution < 1.29 is 14.6 Å². The van der Waals surface area contributed by atoms with Crippen LogP contribution in [0.1, 0.15) is 11.1 Å². The van der Waals surface area contributed by atoms with Gasteiger partial charge in [-0.15, -0.1) is 0 Å². The van der Waals surface area contributed by atoms with Gasteiger partial charge in [0.25, 0.3) is 0 Å². The molecule has 5 nitrogen and oxygen atoms in total. The summed E-state index contributed by atoms with van der Waals surface area (Å²) >= 11 is 0. The minimum Gasteiger partial charge on any atom is -0.507 e. The quantitative estimate of drug-likeness (QED) is 0.712. The van der Waals surface area contributed by atoms with Crippen LogP contribution in [0.2, 0.25) is 0 Å². The lowest BCUT2D eigenvalue weighted by atomic mass is 10.0. The Bertz CT molecular complexity index is 941. The first kappa shape index (κ1) is 14.4. The Kier molecular flexibility index (Phi) is 3.30. The van der Waals surface area contributed by atoms with E-state index >= 15 is 0 Å². The van der Waals surface area contributed by atoms with Gasteiger partial charge in [-0.2, -0.15) is 0 Å². The van der Waals surface area contributed by atoms with Crippen LogP contribution >= 0.6 is 0 Å². The van der Waals surface area contributed by atoms with Gasteiger partial charge in [0.2, 0.25) is 5.43 Å². The summed E-state index contributed by atoms with van der Waals surface area (Å²) in [5.41, 5.74) is 1.57. The topological polar surface area (TPSA) is 73.9 Å². The van der Waals surface area contributed by atoms with E-state index in [1.807, 2.05) is 27.1 Å². The second kappa shape index (κ2) is 5.03. The lowest BCUT2D eigenvalue weighted by Gasteiger charge is -2.14. The zero-order valence-corrected chi connectivity index (χ0v) is 12.7. The molecule has 114 valence electrons. The molecule has 0 saturated heterocycles. The van der Waals surface area contributed by atoms with Gasteiger partial charge in [-0.25, -0.2) is 0 Å². The number of hydrogen-bond donors (Lipinski definition) is 2. The number of phenols is 2. The molecule has 0 radical (unpaired) electrons. The molecule has 22 heavy (non-hydrogen) atoms. The lowest BCUT2D eigenvalue weighted by Crippen LogP contribution is -2.12. The zero-order chi connectivity index (χ0) is 16.0. The fourth-order valence-electron chi connectivity index (χ4n) is 2.61. The molecule has 0 amide bonds. The van der Waals surface area contributed by atoms with Gasteiger partial charge < -0.3 is 19.5 Å². The van der Waals surface area contributed by atoms with Gasteiger partial charge in [0.15, 0.2) is 0 Å². The first-order chi connectivity index (χ1) is 10.4. The van der Waals surface area contributed by atoms with E-state index in [9.17, 15) is 15.0 Å². The van der Waals surface area contributed by atoms with E-state index in [1.54, 1.807) is 17.0 Å². The van der Waals surface area contributed by atoms with E-state index < -0.39 is 0 Å². The Hall–Kier alpha value is -2.53. The summed E-state index contributed by atoms with van der Waals surface area (Å²) in [5.74, 6) is -0.311. The van der Waals surface area contributed by atoms with Crippen LogP contribution in [0.5, 0.6) is 11.5 Å². The number of nitrogens with zero attached hydrogens (tertiary/aromatic N) is 1. The summed E-state index contributed by atoms with van der Waals surface area (Å²) in [6, 6.07) is 6.68. The van der Waals surface area contributed by atoms with Crippen LogP contribution in [0, 0.1) is 6.92 Å². The van der Waals surface area contributed by atoms with Gasteiger partial charge in [-0.1, -0.05) is 11.6 Å². The fraction of sp³-hybridized carbons (Fsp3) is 0.235. The van der Waals surface area contributed by atoms with Gasteiger partial charge in [0.1, 0.15) is 28.1 Å². The number of aromatic hydroxyl groups is 2. The van der Waals surface area contributed by atoms with Gasteiger partial charge in [-0.3, -0.25) is 4.79 Å². The number of benzene rings is 2. The van der Waals surface area contributed by atoms with Crippen molar-refractivity contribution in [1.29, 1.82) is 0 Å². The summed E-state index contributed by atoms with van der Waals surface area (Å²) in [5, 5.41) is 21.1. The van der Waals surface area contributed by atoms with Crippen molar-refractivity contribution >= 4 is 21.9 Å². The van der Waals surface area contributed by atoms with Crippen LogP contribution in [-0.4, -0.2) is 29.2 Å². The molecule has 0 atom stereocenters. The highest BCUT2D eigenvalue weighted by Gasteiger charge is 2.18. The van der Waals surface area contributed by atoms with Gasteiger partial charge in [0, 0.05) is 12.6 Å². The Balaban J connectivity index is 2.44. The van der Waals surface area contributed by atoms with Crippen molar-refractivity contribution in [3.8, 4) is 11.5 Å². The largest absolute Gasteiger partial charge is 0.507 e. The third kappa shape index (κ3) is 2.19. The minimum atomic E-state index is -0.294. The van der Waals surface area contributed by atoms with E-state index in [-0.39, 0.29) is 27.9 Å². The summed E-state index contributed by atoms with van der Waals surface area (Å²) < 4.78 is 5.67. The first-order valence-electron chi connectivity index (χ1n) is 6.94. The van der Waals surface area contributed by atoms with E-state index in [0.29, 0.717) is 23.1 Å². The van der Waals surface area contributed by atoms with E-state index in [4.69, 9.17) is 4.42 Å². The summed E-state index contributed by atoms with van der Waals surface area (Å²) in [6.07, 6.45) is 0. The maximum absolute atomic E-state index is 12.7. The van der Waals surface area contributed by atoms with E-state index in [1.165, 1.54) is 6.07 Å². The summed E-state index contributed by atoms with van der Waals surface area (Å²) in [6.45, 7) is 2.20. The molecule has 0 spiro atoms. The SMILES string of the molecule is Cc1ccc2oc3cc(O)c(CN(C)C)c(O)c3c(=O)c2c1. The molecule has 2 N–H and O–H groups in total. The van der Waals surface area contributed by atoms with Crippen LogP contribution < -0.4 is 5.43 Å². The first-order valence-corrected chi connectivity index (χ1v) is 6.94. The summed E-state index contributed by atoms with van der Waals surface area (Å²) in [4.78, 5) is 14.5. The Morgan fingerprint density at radius 1 is 1.14 bits per heavy atom. The van der Waals surface area contributed by atoms with Crippen molar-refractivity contribution in [2.45, 2.75) is 13.5 Å². The zero-order valence-electron chi connectivity index (χ0n) is 12.7. The van der Waals surface area contributed by atoms with E-state index in [0.717, 1.165) is 5.56 Å². The number of rotatable bonds is 2. The third-order valence-corrected chi connectivity index (χ3v) is 3.65. The molecule has 2 aromatic carbocycles. The minimum absolute atomic E-state index is 0.0895. The molecule has 0 bridgehead atoms. The van der Waals surface area contributed by atoms with Crippen molar-refractivity contribution in [1.82, 2.24) is 4.90 Å². The average Bonchev–Trinajstić information content (AvgIpc) is 2.44. The maximum atomic E-state index is 12.7. The van der Waals surface area contributed by atoms with Gasteiger partial charge in [-0.05, 0) is 33.2 Å². The number of phenolic OH excluding ortho intramolecular Hbond substituents is 2. The molecule has 1 aromatic heterocycles. The molecule has 3 aromatic rings. The highest BCUT2D eigenvalue weighted by molar-refractivity contribution is 5.95. The average molecular weight is 299 g/mol. The van der Waals surface area contributed by atoms with Crippen LogP contribution in [0.3, 0.4) is 0 Å². The predicted molar refractivity (Wildman–Crippen MR) is 85.4 cm³/mol. The molecule has 0 aliphatic carbocycles. The molecule has 0 aliphatic heterocycles. The second-order valence-electron chi connectivity index (χ2n) is 5.76. The number of fused-ring (bicyclic) bond motifs is 2. The molecule has 3 rings (SSSR count). The molecule has 0 unspecified atom stereocenters. The standard InChI is InChI=1S/C17H17NO4/c1-9-4-5-13-10(6-9)16(20)15-14(22-13)7-12(19)11(17(15)21)8-18(2)3/h4-7,19,21H,8H2,1-3H3. The maximum Gasteiger partial charge on any atom is 0.204 e. The predicted octanol–water partition coefficient (Wildman–Crippen LogP) is 2.73. The Morgan fingerprint density at radius 2 is 1.86 bits per heavy atom.